The van der Waals surface area contributed by atoms with Crippen LogP contribution >= 0.6 is 0 Å². The van der Waals surface area contributed by atoms with Gasteiger partial charge in [0.25, 0.3) is 10.0 Å². The highest BCUT2D eigenvalue weighted by atomic mass is 32.2. The molecule has 1 atom stereocenters. The summed E-state index contributed by atoms with van der Waals surface area (Å²) >= 11 is 0. The Morgan fingerprint density at radius 3 is 2.03 bits per heavy atom. The first-order valence-electron chi connectivity index (χ1n) is 11.2. The summed E-state index contributed by atoms with van der Waals surface area (Å²) in [5.41, 5.74) is 2.89. The summed E-state index contributed by atoms with van der Waals surface area (Å²) in [6, 6.07) is 19.4. The van der Waals surface area contributed by atoms with E-state index in [1.807, 2.05) is 26.0 Å². The van der Waals surface area contributed by atoms with E-state index in [2.05, 4.69) is 5.32 Å². The quantitative estimate of drug-likeness (QED) is 0.465. The number of hydrogen-bond acceptors (Lipinski definition) is 5. The van der Waals surface area contributed by atoms with E-state index in [4.69, 9.17) is 0 Å². The van der Waals surface area contributed by atoms with Crippen molar-refractivity contribution in [1.82, 2.24) is 5.32 Å². The zero-order valence-corrected chi connectivity index (χ0v) is 21.9. The van der Waals surface area contributed by atoms with E-state index in [9.17, 15) is 21.6 Å². The fourth-order valence-electron chi connectivity index (χ4n) is 3.69. The number of para-hydroxylation sites is 1. The maximum Gasteiger partial charge on any atom is 0.264 e. The van der Waals surface area contributed by atoms with E-state index < -0.39 is 38.4 Å². The second kappa shape index (κ2) is 10.6. The van der Waals surface area contributed by atoms with Crippen molar-refractivity contribution in [1.29, 1.82) is 0 Å². The maximum absolute atomic E-state index is 13.6. The first-order valence-corrected chi connectivity index (χ1v) is 14.5. The minimum absolute atomic E-state index is 0.103. The Bertz CT molecular complexity index is 1400. The third-order valence-corrected chi connectivity index (χ3v) is 8.63. The van der Waals surface area contributed by atoms with Crippen molar-refractivity contribution in [2.75, 3.05) is 17.1 Å². The Hall–Kier alpha value is -3.17. The minimum Gasteiger partial charge on any atom is -0.348 e. The van der Waals surface area contributed by atoms with Crippen LogP contribution in [0.2, 0.25) is 0 Å². The number of benzene rings is 3. The average molecular weight is 515 g/mol. The standard InChI is InChI=1S/C26H30N2O5S2/c1-5-21-8-6-7-9-25(21)28(35(32,33)24-14-10-19(2)11-15-24)18-26(29)27-20(3)22-12-16-23(17-13-22)34(4,30)31/h6-17,20H,5,18H2,1-4H3,(H,27,29)/t20-/m0/s1. The van der Waals surface area contributed by atoms with Crippen molar-refractivity contribution < 1.29 is 21.6 Å². The number of anilines is 1. The van der Waals surface area contributed by atoms with E-state index >= 15 is 0 Å². The van der Waals surface area contributed by atoms with Gasteiger partial charge in [-0.05, 0) is 61.7 Å². The monoisotopic (exact) mass is 514 g/mol. The van der Waals surface area contributed by atoms with Crippen LogP contribution in [0.1, 0.15) is 36.6 Å². The van der Waals surface area contributed by atoms with Crippen LogP contribution in [0.5, 0.6) is 0 Å². The molecule has 0 spiro atoms. The van der Waals surface area contributed by atoms with Gasteiger partial charge >= 0.3 is 0 Å². The number of nitrogens with one attached hydrogen (secondary N) is 1. The molecule has 0 heterocycles. The van der Waals surface area contributed by atoms with E-state index in [1.54, 1.807) is 43.3 Å². The summed E-state index contributed by atoms with van der Waals surface area (Å²) < 4.78 is 51.8. The highest BCUT2D eigenvalue weighted by molar-refractivity contribution is 7.93. The van der Waals surface area contributed by atoms with Crippen LogP contribution in [-0.2, 0) is 31.1 Å². The molecule has 1 amide bonds. The molecule has 0 saturated carbocycles. The highest BCUT2D eigenvalue weighted by Gasteiger charge is 2.29. The lowest BCUT2D eigenvalue weighted by Gasteiger charge is -2.27. The number of hydrogen-bond donors (Lipinski definition) is 1. The van der Waals surface area contributed by atoms with Gasteiger partial charge in [0.05, 0.1) is 21.5 Å². The molecule has 3 rings (SSSR count). The Labute approximate surface area is 207 Å². The predicted molar refractivity (Wildman–Crippen MR) is 138 cm³/mol. The number of nitrogens with zero attached hydrogens (tertiary/aromatic N) is 1. The van der Waals surface area contributed by atoms with Crippen molar-refractivity contribution in [2.45, 2.75) is 43.0 Å². The number of sulfone groups is 1. The molecule has 3 aromatic carbocycles. The summed E-state index contributed by atoms with van der Waals surface area (Å²) in [5, 5.41) is 2.83. The highest BCUT2D eigenvalue weighted by Crippen LogP contribution is 2.28. The van der Waals surface area contributed by atoms with Gasteiger partial charge in [0.1, 0.15) is 6.54 Å². The second-order valence-corrected chi connectivity index (χ2v) is 12.3. The molecule has 35 heavy (non-hydrogen) atoms. The fraction of sp³-hybridized carbons (Fsp3) is 0.269. The first kappa shape index (κ1) is 26.4. The van der Waals surface area contributed by atoms with Crippen molar-refractivity contribution in [2.24, 2.45) is 0 Å². The minimum atomic E-state index is -4.02. The number of amides is 1. The van der Waals surface area contributed by atoms with Crippen LogP contribution in [0.25, 0.3) is 0 Å². The fourth-order valence-corrected chi connectivity index (χ4v) is 5.78. The Kier molecular flexibility index (Phi) is 8.02. The van der Waals surface area contributed by atoms with E-state index in [-0.39, 0.29) is 9.79 Å². The van der Waals surface area contributed by atoms with Gasteiger partial charge in [0.2, 0.25) is 5.91 Å². The lowest BCUT2D eigenvalue weighted by Crippen LogP contribution is -2.42. The molecule has 0 aliphatic carbocycles. The molecule has 3 aromatic rings. The third-order valence-electron chi connectivity index (χ3n) is 5.72. The van der Waals surface area contributed by atoms with Crippen molar-refractivity contribution in [3.63, 3.8) is 0 Å². The van der Waals surface area contributed by atoms with Gasteiger partial charge in [0.15, 0.2) is 9.84 Å². The second-order valence-electron chi connectivity index (χ2n) is 8.44. The zero-order valence-electron chi connectivity index (χ0n) is 20.2. The molecule has 9 heteroatoms. The molecule has 186 valence electrons. The number of rotatable bonds is 9. The van der Waals surface area contributed by atoms with Gasteiger partial charge < -0.3 is 5.32 Å². The average Bonchev–Trinajstić information content (AvgIpc) is 2.82. The van der Waals surface area contributed by atoms with Gasteiger partial charge in [-0.25, -0.2) is 16.8 Å². The Morgan fingerprint density at radius 2 is 1.46 bits per heavy atom. The van der Waals surface area contributed by atoms with E-state index in [1.165, 1.54) is 24.3 Å². The largest absolute Gasteiger partial charge is 0.348 e. The lowest BCUT2D eigenvalue weighted by molar-refractivity contribution is -0.120. The van der Waals surface area contributed by atoms with Crippen molar-refractivity contribution in [3.05, 3.63) is 89.5 Å². The third kappa shape index (κ3) is 6.29. The van der Waals surface area contributed by atoms with E-state index in [0.29, 0.717) is 17.7 Å². The van der Waals surface area contributed by atoms with Crippen LogP contribution in [0.15, 0.2) is 82.6 Å². The summed E-state index contributed by atoms with van der Waals surface area (Å²) in [6.07, 6.45) is 1.73. The molecule has 0 bridgehead atoms. The normalized spacial score (nSPS) is 12.7. The first-order chi connectivity index (χ1) is 16.4. The topological polar surface area (TPSA) is 101 Å². The SMILES string of the molecule is CCc1ccccc1N(CC(=O)N[C@@H](C)c1ccc(S(C)(=O)=O)cc1)S(=O)(=O)c1ccc(C)cc1. The summed E-state index contributed by atoms with van der Waals surface area (Å²) in [5.74, 6) is -0.480. The molecule has 0 fully saturated rings. The molecule has 0 aliphatic rings. The van der Waals surface area contributed by atoms with Gasteiger partial charge in [-0.15, -0.1) is 0 Å². The van der Waals surface area contributed by atoms with Gasteiger partial charge in [-0.1, -0.05) is 55.0 Å². The maximum atomic E-state index is 13.6. The molecule has 0 aromatic heterocycles. The molecule has 0 radical (unpaired) electrons. The van der Waals surface area contributed by atoms with E-state index in [0.717, 1.165) is 21.7 Å². The molecule has 7 nitrogen and oxygen atoms in total. The van der Waals surface area contributed by atoms with Crippen LogP contribution in [0, 0.1) is 6.92 Å². The van der Waals surface area contributed by atoms with Crippen molar-refractivity contribution in [3.8, 4) is 0 Å². The van der Waals surface area contributed by atoms with Gasteiger partial charge in [0, 0.05) is 6.26 Å². The molecule has 1 N–H and O–H groups in total. The summed E-state index contributed by atoms with van der Waals surface area (Å²) in [7, 11) is -7.34. The molecule has 0 saturated heterocycles. The van der Waals surface area contributed by atoms with Crippen molar-refractivity contribution >= 4 is 31.5 Å². The molecular formula is C26H30N2O5S2. The van der Waals surface area contributed by atoms with Crippen LogP contribution in [-0.4, -0.2) is 35.5 Å². The van der Waals surface area contributed by atoms with Crippen LogP contribution < -0.4 is 9.62 Å². The van der Waals surface area contributed by atoms with Gasteiger partial charge in [-0.2, -0.15) is 0 Å². The lowest BCUT2D eigenvalue weighted by atomic mass is 10.1. The smallest absolute Gasteiger partial charge is 0.264 e. The molecular weight excluding hydrogens is 484 g/mol. The Balaban J connectivity index is 1.90. The Morgan fingerprint density at radius 1 is 0.886 bits per heavy atom. The van der Waals surface area contributed by atoms with Crippen LogP contribution in [0.4, 0.5) is 5.69 Å². The summed E-state index contributed by atoms with van der Waals surface area (Å²) in [4.78, 5) is 13.3. The molecule has 0 unspecified atom stereocenters. The number of carbonyl (C=O) groups is 1. The summed E-state index contributed by atoms with van der Waals surface area (Å²) in [6.45, 7) is 5.15. The van der Waals surface area contributed by atoms with Crippen LogP contribution in [0.3, 0.4) is 0 Å². The molecule has 0 aliphatic heterocycles. The zero-order chi connectivity index (χ0) is 25.8. The number of aryl methyl sites for hydroxylation is 2. The number of sulfonamides is 1. The predicted octanol–water partition coefficient (Wildman–Crippen LogP) is 4.03. The van der Waals surface area contributed by atoms with Gasteiger partial charge in [-0.3, -0.25) is 9.10 Å². The number of carbonyl (C=O) groups excluding carboxylic acids is 1.